The first-order valence-corrected chi connectivity index (χ1v) is 9.05. The van der Waals surface area contributed by atoms with Crippen LogP contribution >= 0.6 is 0 Å². The molecule has 6 heteroatoms. The Kier molecular flexibility index (Phi) is 4.64. The molecule has 2 aliphatic rings. The minimum atomic E-state index is 0.570. The van der Waals surface area contributed by atoms with E-state index in [1.807, 2.05) is 18.5 Å². The molecule has 24 heavy (non-hydrogen) atoms. The second kappa shape index (κ2) is 7.21. The molecule has 1 saturated heterocycles. The highest BCUT2D eigenvalue weighted by atomic mass is 15.3. The molecule has 0 saturated carbocycles. The Hall–Kier alpha value is -2.08. The lowest BCUT2D eigenvalue weighted by atomic mass is 10.1. The maximum Gasteiger partial charge on any atom is 0.128 e. The summed E-state index contributed by atoms with van der Waals surface area (Å²) in [6.07, 6.45) is 7.73. The van der Waals surface area contributed by atoms with Crippen molar-refractivity contribution in [3.63, 3.8) is 0 Å². The fraction of sp³-hybridized carbons (Fsp3) is 0.556. The molecule has 6 nitrogen and oxygen atoms in total. The average molecular weight is 326 g/mol. The molecule has 2 N–H and O–H groups in total. The molecule has 2 aliphatic heterocycles. The number of piperidine rings is 1. The topological polar surface area (TPSA) is 58.0 Å². The smallest absolute Gasteiger partial charge is 0.128 e. The second-order valence-electron chi connectivity index (χ2n) is 6.85. The van der Waals surface area contributed by atoms with Gasteiger partial charge in [0.25, 0.3) is 0 Å². The van der Waals surface area contributed by atoms with Crippen molar-refractivity contribution in [3.05, 3.63) is 36.2 Å². The van der Waals surface area contributed by atoms with Crippen LogP contribution in [0.1, 0.15) is 24.8 Å². The zero-order valence-electron chi connectivity index (χ0n) is 14.1. The minimum Gasteiger partial charge on any atom is -0.370 e. The van der Waals surface area contributed by atoms with Gasteiger partial charge in [0, 0.05) is 57.4 Å². The number of hydrogen-bond acceptors (Lipinski definition) is 5. The highest BCUT2D eigenvalue weighted by Gasteiger charge is 2.17. The van der Waals surface area contributed by atoms with Gasteiger partial charge in [-0.25, -0.2) is 9.67 Å². The van der Waals surface area contributed by atoms with E-state index < -0.39 is 0 Å². The summed E-state index contributed by atoms with van der Waals surface area (Å²) in [4.78, 5) is 6.97. The van der Waals surface area contributed by atoms with Crippen molar-refractivity contribution in [1.29, 1.82) is 0 Å². The van der Waals surface area contributed by atoms with Gasteiger partial charge in [-0.3, -0.25) is 0 Å². The number of hydrogen-bond donors (Lipinski definition) is 2. The van der Waals surface area contributed by atoms with Gasteiger partial charge < -0.3 is 15.5 Å². The first-order valence-electron chi connectivity index (χ1n) is 9.05. The van der Waals surface area contributed by atoms with Crippen LogP contribution in [0.2, 0.25) is 0 Å². The molecule has 4 heterocycles. The lowest BCUT2D eigenvalue weighted by Gasteiger charge is -2.28. The summed E-state index contributed by atoms with van der Waals surface area (Å²) >= 11 is 0. The van der Waals surface area contributed by atoms with E-state index in [0.717, 1.165) is 50.9 Å². The van der Waals surface area contributed by atoms with Crippen LogP contribution in [0.3, 0.4) is 0 Å². The number of anilines is 2. The molecule has 4 rings (SSSR count). The third kappa shape index (κ3) is 3.53. The first-order chi connectivity index (χ1) is 11.9. The lowest BCUT2D eigenvalue weighted by Crippen LogP contribution is -2.35. The molecular weight excluding hydrogens is 300 g/mol. The van der Waals surface area contributed by atoms with E-state index in [2.05, 4.69) is 42.4 Å². The first kappa shape index (κ1) is 15.4. The summed E-state index contributed by atoms with van der Waals surface area (Å²) in [5.74, 6) is 2.84. The lowest BCUT2D eigenvalue weighted by molar-refractivity contribution is 0.391. The molecule has 2 aromatic rings. The fourth-order valence-corrected chi connectivity index (χ4v) is 3.61. The zero-order valence-corrected chi connectivity index (χ0v) is 14.1. The maximum atomic E-state index is 4.56. The summed E-state index contributed by atoms with van der Waals surface area (Å²) in [5.41, 5.74) is 1.31. The molecule has 2 aromatic heterocycles. The number of rotatable bonds is 5. The second-order valence-corrected chi connectivity index (χ2v) is 6.85. The highest BCUT2D eigenvalue weighted by Crippen LogP contribution is 2.19. The Balaban J connectivity index is 1.28. The molecular formula is C18H26N6. The van der Waals surface area contributed by atoms with Gasteiger partial charge in [0.2, 0.25) is 0 Å². The highest BCUT2D eigenvalue weighted by molar-refractivity contribution is 5.41. The van der Waals surface area contributed by atoms with E-state index in [0.29, 0.717) is 5.92 Å². The number of pyridine rings is 1. The molecule has 0 aromatic carbocycles. The normalized spacial score (nSPS) is 20.5. The van der Waals surface area contributed by atoms with Crippen molar-refractivity contribution in [2.45, 2.75) is 32.4 Å². The fourth-order valence-electron chi connectivity index (χ4n) is 3.61. The van der Waals surface area contributed by atoms with Crippen molar-refractivity contribution in [2.24, 2.45) is 5.92 Å². The van der Waals surface area contributed by atoms with Crippen molar-refractivity contribution >= 4 is 11.6 Å². The summed E-state index contributed by atoms with van der Waals surface area (Å²) in [6.45, 7) is 6.17. The molecule has 1 fully saturated rings. The molecule has 0 amide bonds. The van der Waals surface area contributed by atoms with Crippen LogP contribution < -0.4 is 15.5 Å². The number of aromatic nitrogens is 3. The summed E-state index contributed by atoms with van der Waals surface area (Å²) in [5, 5.41) is 11.4. The van der Waals surface area contributed by atoms with E-state index >= 15 is 0 Å². The van der Waals surface area contributed by atoms with Crippen molar-refractivity contribution in [1.82, 2.24) is 20.1 Å². The average Bonchev–Trinajstić information content (AvgIpc) is 3.11. The molecule has 0 spiro atoms. The standard InChI is InChI=1S/C18H26N6/c1-2-8-23(9-3-1)18-10-15(4-6-20-18)11-19-12-16-13-21-17-5-7-22-24(17)14-16/h4-7,10,16,19,21H,1-3,8-9,11-14H2/t16-/m1/s1. The maximum absolute atomic E-state index is 4.56. The monoisotopic (exact) mass is 326 g/mol. The summed E-state index contributed by atoms with van der Waals surface area (Å²) in [7, 11) is 0. The number of fused-ring (bicyclic) bond motifs is 1. The van der Waals surface area contributed by atoms with Crippen LogP contribution in [0.15, 0.2) is 30.6 Å². The van der Waals surface area contributed by atoms with Gasteiger partial charge in [-0.1, -0.05) is 0 Å². The van der Waals surface area contributed by atoms with Crippen molar-refractivity contribution in [2.75, 3.05) is 36.4 Å². The Morgan fingerprint density at radius 3 is 3.00 bits per heavy atom. The summed E-state index contributed by atoms with van der Waals surface area (Å²) in [6, 6.07) is 6.39. The van der Waals surface area contributed by atoms with Crippen molar-refractivity contribution < 1.29 is 0 Å². The summed E-state index contributed by atoms with van der Waals surface area (Å²) < 4.78 is 2.05. The number of nitrogens with zero attached hydrogens (tertiary/aromatic N) is 4. The van der Waals surface area contributed by atoms with Crippen LogP contribution in [-0.2, 0) is 13.1 Å². The predicted octanol–water partition coefficient (Wildman–Crippen LogP) is 2.10. The van der Waals surface area contributed by atoms with E-state index in [1.165, 1.54) is 24.8 Å². The van der Waals surface area contributed by atoms with E-state index in [9.17, 15) is 0 Å². The van der Waals surface area contributed by atoms with E-state index in [1.54, 1.807) is 0 Å². The largest absolute Gasteiger partial charge is 0.370 e. The van der Waals surface area contributed by atoms with E-state index in [-0.39, 0.29) is 0 Å². The van der Waals surface area contributed by atoms with Gasteiger partial charge in [0.15, 0.2) is 0 Å². The quantitative estimate of drug-likeness (QED) is 0.881. The SMILES string of the molecule is c1cc(CNC[C@@H]2CNc3ccnn3C2)cc(N2CCCCC2)n1. The minimum absolute atomic E-state index is 0.570. The van der Waals surface area contributed by atoms with Crippen LogP contribution in [-0.4, -0.2) is 40.9 Å². The van der Waals surface area contributed by atoms with Gasteiger partial charge in [-0.15, -0.1) is 0 Å². The third-order valence-electron chi connectivity index (χ3n) is 4.97. The van der Waals surface area contributed by atoms with Gasteiger partial charge >= 0.3 is 0 Å². The van der Waals surface area contributed by atoms with E-state index in [4.69, 9.17) is 0 Å². The van der Waals surface area contributed by atoms with Crippen LogP contribution in [0, 0.1) is 5.92 Å². The molecule has 0 unspecified atom stereocenters. The predicted molar refractivity (Wildman–Crippen MR) is 96.2 cm³/mol. The Bertz CT molecular complexity index is 661. The van der Waals surface area contributed by atoms with Crippen molar-refractivity contribution in [3.8, 4) is 0 Å². The molecule has 0 bridgehead atoms. The third-order valence-corrected chi connectivity index (χ3v) is 4.97. The molecule has 0 aliphatic carbocycles. The van der Waals surface area contributed by atoms with Crippen LogP contribution in [0.4, 0.5) is 11.6 Å². The van der Waals surface area contributed by atoms with Gasteiger partial charge in [0.1, 0.15) is 11.6 Å². The molecule has 128 valence electrons. The Labute approximate surface area is 143 Å². The Morgan fingerprint density at radius 1 is 1.17 bits per heavy atom. The Morgan fingerprint density at radius 2 is 2.08 bits per heavy atom. The van der Waals surface area contributed by atoms with Gasteiger partial charge in [-0.2, -0.15) is 5.10 Å². The molecule has 1 atom stereocenters. The van der Waals surface area contributed by atoms with Gasteiger partial charge in [0.05, 0.1) is 6.20 Å². The van der Waals surface area contributed by atoms with Crippen LogP contribution in [0.5, 0.6) is 0 Å². The molecule has 0 radical (unpaired) electrons. The van der Waals surface area contributed by atoms with Crippen LogP contribution in [0.25, 0.3) is 0 Å². The number of nitrogens with one attached hydrogen (secondary N) is 2. The zero-order chi connectivity index (χ0) is 16.2. The van der Waals surface area contributed by atoms with Gasteiger partial charge in [-0.05, 0) is 37.0 Å².